The topological polar surface area (TPSA) is 39.9 Å². The molecule has 0 unspecified atom stereocenters. The number of hydrogen-bond donors (Lipinski definition) is 0. The predicted octanol–water partition coefficient (Wildman–Crippen LogP) is 7.42. The third-order valence-corrected chi connectivity index (χ3v) is 6.44. The van der Waals surface area contributed by atoms with Gasteiger partial charge in [-0.25, -0.2) is 0 Å². The summed E-state index contributed by atoms with van der Waals surface area (Å²) in [5.74, 6) is 0. The Morgan fingerprint density at radius 3 is 2.65 bits per heavy atom. The maximum absolute atomic E-state index is 9.82. The lowest BCUT2D eigenvalue weighted by atomic mass is 9.94. The minimum absolute atomic E-state index is 0.712. The van der Waals surface area contributed by atoms with E-state index >= 15 is 0 Å². The van der Waals surface area contributed by atoms with Crippen molar-refractivity contribution in [2.24, 2.45) is 0 Å². The number of fused-ring (bicyclic) bond motifs is 1. The van der Waals surface area contributed by atoms with Crippen molar-refractivity contribution in [3.05, 3.63) is 82.8 Å². The fraction of sp³-hybridized carbons (Fsp3) is 0.259. The number of benzene rings is 3. The molecule has 0 bridgehead atoms. The van der Waals surface area contributed by atoms with Gasteiger partial charge in [-0.05, 0) is 41.0 Å². The van der Waals surface area contributed by atoms with Gasteiger partial charge < -0.3 is 4.90 Å². The Bertz CT molecular complexity index is 1170. The van der Waals surface area contributed by atoms with Crippen LogP contribution in [0.1, 0.15) is 43.0 Å². The third-order valence-electron chi connectivity index (χ3n) is 5.68. The minimum atomic E-state index is 0.712. The summed E-state index contributed by atoms with van der Waals surface area (Å²) in [5.41, 5.74) is 5.88. The number of unbranched alkanes of at least 4 members (excludes halogenated alkanes) is 3. The first-order valence-corrected chi connectivity index (χ1v) is 11.8. The van der Waals surface area contributed by atoms with E-state index in [9.17, 15) is 5.26 Å². The Morgan fingerprint density at radius 1 is 0.968 bits per heavy atom. The first-order chi connectivity index (χ1) is 15.3. The predicted molar refractivity (Wildman–Crippen MR) is 131 cm³/mol. The largest absolute Gasteiger partial charge is 0.366 e. The van der Waals surface area contributed by atoms with E-state index < -0.39 is 0 Å². The van der Waals surface area contributed by atoms with Gasteiger partial charge in [0.1, 0.15) is 0 Å². The highest BCUT2D eigenvalue weighted by Gasteiger charge is 2.14. The Kier molecular flexibility index (Phi) is 6.96. The molecular weight excluding hydrogens is 398 g/mol. The molecule has 0 fully saturated rings. The van der Waals surface area contributed by atoms with Crippen LogP contribution in [0.25, 0.3) is 21.9 Å². The van der Waals surface area contributed by atoms with E-state index in [1.807, 2.05) is 17.8 Å². The SMILES string of the molecule is CCCCCCN(Cc1cncs1)c1ccc(C#N)c(-c2cccc3ccccc23)c1. The monoisotopic (exact) mass is 425 g/mol. The molecule has 1 aromatic heterocycles. The Hall–Kier alpha value is -3.16. The van der Waals surface area contributed by atoms with Gasteiger partial charge in [0, 0.05) is 28.9 Å². The van der Waals surface area contributed by atoms with Gasteiger partial charge in [-0.3, -0.25) is 4.98 Å². The van der Waals surface area contributed by atoms with E-state index in [2.05, 4.69) is 77.5 Å². The van der Waals surface area contributed by atoms with Crippen molar-refractivity contribution in [3.8, 4) is 17.2 Å². The molecule has 0 atom stereocenters. The molecule has 4 rings (SSSR count). The summed E-state index contributed by atoms with van der Waals surface area (Å²) in [6.45, 7) is 4.09. The molecule has 0 saturated heterocycles. The zero-order valence-electron chi connectivity index (χ0n) is 17.9. The lowest BCUT2D eigenvalue weighted by molar-refractivity contribution is 0.643. The Morgan fingerprint density at radius 2 is 1.84 bits per heavy atom. The van der Waals surface area contributed by atoms with E-state index in [0.717, 1.165) is 36.3 Å². The summed E-state index contributed by atoms with van der Waals surface area (Å²) in [6.07, 6.45) is 6.86. The van der Waals surface area contributed by atoms with Crippen molar-refractivity contribution < 1.29 is 0 Å². The molecule has 0 N–H and O–H groups in total. The molecule has 0 saturated carbocycles. The maximum atomic E-state index is 9.82. The second-order valence-electron chi connectivity index (χ2n) is 7.82. The third kappa shape index (κ3) is 4.95. The molecule has 0 amide bonds. The fourth-order valence-electron chi connectivity index (χ4n) is 4.05. The highest BCUT2D eigenvalue weighted by atomic mass is 32.1. The summed E-state index contributed by atoms with van der Waals surface area (Å²) < 4.78 is 0. The number of anilines is 1. The fourth-order valence-corrected chi connectivity index (χ4v) is 4.66. The van der Waals surface area contributed by atoms with Crippen molar-refractivity contribution in [1.29, 1.82) is 5.26 Å². The van der Waals surface area contributed by atoms with Gasteiger partial charge in [0.2, 0.25) is 0 Å². The molecule has 4 heteroatoms. The van der Waals surface area contributed by atoms with Crippen LogP contribution in [0.5, 0.6) is 0 Å². The van der Waals surface area contributed by atoms with Gasteiger partial charge >= 0.3 is 0 Å². The van der Waals surface area contributed by atoms with Crippen LogP contribution in [0, 0.1) is 11.3 Å². The van der Waals surface area contributed by atoms with Crippen LogP contribution in [0.15, 0.2) is 72.4 Å². The standard InChI is InChI=1S/C27H27N3S/c1-2-3-4-7-15-30(19-24-18-29-20-31-24)23-14-13-22(17-28)27(16-23)26-12-8-10-21-9-5-6-11-25(21)26/h5-6,8-14,16,18,20H,2-4,7,15,19H2,1H3. The molecule has 0 spiro atoms. The normalized spacial score (nSPS) is 10.8. The molecule has 0 aliphatic rings. The number of hydrogen-bond acceptors (Lipinski definition) is 4. The average Bonchev–Trinajstić information content (AvgIpc) is 3.33. The van der Waals surface area contributed by atoms with Gasteiger partial charge in [0.15, 0.2) is 0 Å². The first kappa shape index (κ1) is 21.1. The van der Waals surface area contributed by atoms with Crippen LogP contribution in [0.4, 0.5) is 5.69 Å². The molecular formula is C27H27N3S. The van der Waals surface area contributed by atoms with Crippen LogP contribution in [-0.2, 0) is 6.54 Å². The van der Waals surface area contributed by atoms with Crippen LogP contribution in [0.2, 0.25) is 0 Å². The summed E-state index contributed by atoms with van der Waals surface area (Å²) >= 11 is 1.69. The van der Waals surface area contributed by atoms with Gasteiger partial charge in [-0.2, -0.15) is 5.26 Å². The number of nitrogens with zero attached hydrogens (tertiary/aromatic N) is 3. The summed E-state index contributed by atoms with van der Waals surface area (Å²) in [4.78, 5) is 7.94. The molecule has 0 aliphatic heterocycles. The molecule has 0 radical (unpaired) electrons. The minimum Gasteiger partial charge on any atom is -0.366 e. The number of nitriles is 1. The van der Waals surface area contributed by atoms with Gasteiger partial charge in [0.05, 0.1) is 23.7 Å². The Balaban J connectivity index is 1.73. The zero-order valence-corrected chi connectivity index (χ0v) is 18.7. The zero-order chi connectivity index (χ0) is 21.5. The molecule has 31 heavy (non-hydrogen) atoms. The van der Waals surface area contributed by atoms with E-state index in [-0.39, 0.29) is 0 Å². The van der Waals surface area contributed by atoms with E-state index in [1.165, 1.54) is 34.9 Å². The molecule has 3 aromatic carbocycles. The highest BCUT2D eigenvalue weighted by Crippen LogP contribution is 2.34. The van der Waals surface area contributed by atoms with Crippen molar-refractivity contribution in [2.75, 3.05) is 11.4 Å². The van der Waals surface area contributed by atoms with E-state index in [1.54, 1.807) is 11.3 Å². The van der Waals surface area contributed by atoms with Crippen molar-refractivity contribution in [3.63, 3.8) is 0 Å². The lowest BCUT2D eigenvalue weighted by Crippen LogP contribution is -2.23. The van der Waals surface area contributed by atoms with Gasteiger partial charge in [0.25, 0.3) is 0 Å². The number of rotatable bonds is 9. The van der Waals surface area contributed by atoms with Crippen LogP contribution < -0.4 is 4.90 Å². The Labute approximate surface area is 188 Å². The summed E-state index contributed by atoms with van der Waals surface area (Å²) in [7, 11) is 0. The molecule has 0 aliphatic carbocycles. The lowest BCUT2D eigenvalue weighted by Gasteiger charge is -2.25. The number of aromatic nitrogens is 1. The number of thiazole rings is 1. The molecule has 3 nitrogen and oxygen atoms in total. The smallest absolute Gasteiger partial charge is 0.0998 e. The molecule has 156 valence electrons. The van der Waals surface area contributed by atoms with Crippen LogP contribution in [-0.4, -0.2) is 11.5 Å². The van der Waals surface area contributed by atoms with Crippen molar-refractivity contribution in [1.82, 2.24) is 4.98 Å². The van der Waals surface area contributed by atoms with Crippen LogP contribution >= 0.6 is 11.3 Å². The van der Waals surface area contributed by atoms with Crippen molar-refractivity contribution >= 4 is 27.8 Å². The molecule has 1 heterocycles. The second kappa shape index (κ2) is 10.2. The van der Waals surface area contributed by atoms with Crippen LogP contribution in [0.3, 0.4) is 0 Å². The summed E-state index contributed by atoms with van der Waals surface area (Å²) in [5, 5.41) is 12.2. The second-order valence-corrected chi connectivity index (χ2v) is 8.79. The van der Waals surface area contributed by atoms with E-state index in [4.69, 9.17) is 0 Å². The van der Waals surface area contributed by atoms with E-state index in [0.29, 0.717) is 5.56 Å². The maximum Gasteiger partial charge on any atom is 0.0998 e. The average molecular weight is 426 g/mol. The first-order valence-electron chi connectivity index (χ1n) is 10.9. The van der Waals surface area contributed by atoms with Gasteiger partial charge in [-0.1, -0.05) is 68.7 Å². The van der Waals surface area contributed by atoms with Crippen molar-refractivity contribution in [2.45, 2.75) is 39.2 Å². The summed E-state index contributed by atoms with van der Waals surface area (Å²) in [6, 6.07) is 23.4. The highest BCUT2D eigenvalue weighted by molar-refractivity contribution is 7.09. The molecule has 4 aromatic rings. The van der Waals surface area contributed by atoms with Gasteiger partial charge in [-0.15, -0.1) is 11.3 Å². The quantitative estimate of drug-likeness (QED) is 0.262.